The largest absolute Gasteiger partial charge is 0.449 e. The summed E-state index contributed by atoms with van der Waals surface area (Å²) in [5, 5.41) is 0. The molecule has 112 valence electrons. The van der Waals surface area contributed by atoms with E-state index in [0.29, 0.717) is 0 Å². The second-order valence-electron chi connectivity index (χ2n) is 5.05. The van der Waals surface area contributed by atoms with Crippen LogP contribution < -0.4 is 0 Å². The van der Waals surface area contributed by atoms with Gasteiger partial charge in [0.15, 0.2) is 8.32 Å². The molecule has 0 saturated carbocycles. The quantitative estimate of drug-likeness (QED) is 0.342. The third kappa shape index (κ3) is 10.0. The van der Waals surface area contributed by atoms with Crippen LogP contribution in [0.3, 0.4) is 0 Å². The van der Waals surface area contributed by atoms with E-state index < -0.39 is 46.2 Å². The van der Waals surface area contributed by atoms with Gasteiger partial charge >= 0.3 is 17.8 Å². The van der Waals surface area contributed by atoms with Gasteiger partial charge in [-0.05, 0) is 26.2 Å². The lowest BCUT2D eigenvalue weighted by Gasteiger charge is -2.33. The first-order valence-electron chi connectivity index (χ1n) is 6.09. The zero-order valence-electron chi connectivity index (χ0n) is 12.6. The molecule has 0 spiro atoms. The number of hydrogen-bond acceptors (Lipinski definition) is 5. The van der Waals surface area contributed by atoms with E-state index in [9.17, 15) is 0 Å². The van der Waals surface area contributed by atoms with Gasteiger partial charge in [0, 0.05) is 0 Å². The maximum absolute atomic E-state index is 6.14. The minimum absolute atomic E-state index is 0.734. The molecule has 0 fully saturated rings. The molecular formula is C8H26O5Si6. The predicted molar refractivity (Wildman–Crippen MR) is 95.0 cm³/mol. The Labute approximate surface area is 128 Å². The van der Waals surface area contributed by atoms with Crippen molar-refractivity contribution in [2.75, 3.05) is 0 Å². The van der Waals surface area contributed by atoms with Crippen LogP contribution >= 0.6 is 0 Å². The fourth-order valence-electron chi connectivity index (χ4n) is 1.34. The van der Waals surface area contributed by atoms with Gasteiger partial charge in [0.25, 0.3) is 20.0 Å². The Bertz CT molecular complexity index is 285. The highest BCUT2D eigenvalue weighted by Gasteiger charge is 2.36. The van der Waals surface area contributed by atoms with Gasteiger partial charge in [-0.15, -0.1) is 13.2 Å². The summed E-state index contributed by atoms with van der Waals surface area (Å²) in [5.41, 5.74) is 3.58. The monoisotopic (exact) mass is 370 g/mol. The van der Waals surface area contributed by atoms with E-state index >= 15 is 0 Å². The molecule has 0 aromatic rings. The van der Waals surface area contributed by atoms with E-state index in [-0.39, 0.29) is 0 Å². The first-order chi connectivity index (χ1) is 8.76. The number of hydrogen-bond donors (Lipinski definition) is 0. The van der Waals surface area contributed by atoms with Crippen LogP contribution in [0.5, 0.6) is 0 Å². The molecule has 2 atom stereocenters. The second-order valence-corrected chi connectivity index (χ2v) is 20.4. The van der Waals surface area contributed by atoms with Crippen molar-refractivity contribution in [3.8, 4) is 0 Å². The highest BCUT2D eigenvalue weighted by molar-refractivity contribution is 6.87. The van der Waals surface area contributed by atoms with Gasteiger partial charge in [-0.3, -0.25) is 0 Å². The molecule has 0 bridgehead atoms. The van der Waals surface area contributed by atoms with Gasteiger partial charge in [-0.25, -0.2) is 0 Å². The number of rotatable bonds is 11. The van der Waals surface area contributed by atoms with Crippen molar-refractivity contribution in [3.05, 3.63) is 24.6 Å². The minimum atomic E-state index is -2.37. The van der Waals surface area contributed by atoms with Crippen LogP contribution in [0.15, 0.2) is 24.6 Å². The molecule has 2 unspecified atom stereocenters. The summed E-state index contributed by atoms with van der Waals surface area (Å²) in [6, 6.07) is 0. The van der Waals surface area contributed by atoms with E-state index in [1.807, 2.05) is 12.2 Å². The Morgan fingerprint density at radius 1 is 1.16 bits per heavy atom. The molecule has 0 N–H and O–H groups in total. The Morgan fingerprint density at radius 2 is 1.79 bits per heavy atom. The SMILES string of the molecule is C=C[SiH](O[SiH2]O[SiH2]O[SiH3])O[Si](C)(C=C)O[Si](C)(C)C. The van der Waals surface area contributed by atoms with Crippen molar-refractivity contribution in [2.45, 2.75) is 26.2 Å². The van der Waals surface area contributed by atoms with Crippen molar-refractivity contribution in [1.29, 1.82) is 0 Å². The van der Waals surface area contributed by atoms with Crippen LogP contribution in [-0.4, -0.2) is 56.7 Å². The predicted octanol–water partition coefficient (Wildman–Crippen LogP) is -1.07. The van der Waals surface area contributed by atoms with Gasteiger partial charge in [-0.1, -0.05) is 11.4 Å². The average molecular weight is 371 g/mol. The standard InChI is InChI=1S/C8H26O5Si6/c1-7-17(11-16-10-15-9-14)12-19(6,8-2)13-18(3,4)5/h7-8,17H,1-2,15-16H2,3-6,14H3. The van der Waals surface area contributed by atoms with Crippen molar-refractivity contribution in [2.24, 2.45) is 0 Å². The Balaban J connectivity index is 4.38. The van der Waals surface area contributed by atoms with E-state index in [2.05, 4.69) is 32.8 Å². The lowest BCUT2D eigenvalue weighted by molar-refractivity contribution is 0.347. The summed E-state index contributed by atoms with van der Waals surface area (Å²) in [4.78, 5) is 0. The summed E-state index contributed by atoms with van der Waals surface area (Å²) >= 11 is 0. The molecule has 0 radical (unpaired) electrons. The van der Waals surface area contributed by atoms with Gasteiger partial charge in [-0.2, -0.15) is 0 Å². The zero-order valence-corrected chi connectivity index (χ0v) is 20.6. The Kier molecular flexibility index (Phi) is 9.80. The van der Waals surface area contributed by atoms with Gasteiger partial charge < -0.3 is 20.6 Å². The Morgan fingerprint density at radius 3 is 2.21 bits per heavy atom. The van der Waals surface area contributed by atoms with Crippen LogP contribution in [0.2, 0.25) is 26.2 Å². The van der Waals surface area contributed by atoms with Crippen molar-refractivity contribution in [1.82, 2.24) is 0 Å². The van der Waals surface area contributed by atoms with E-state index in [4.69, 9.17) is 20.6 Å². The molecule has 0 aliphatic rings. The van der Waals surface area contributed by atoms with Gasteiger partial charge in [0.1, 0.15) is 10.5 Å². The second kappa shape index (κ2) is 9.51. The van der Waals surface area contributed by atoms with Crippen LogP contribution in [0.4, 0.5) is 0 Å². The minimum Gasteiger partial charge on any atom is -0.449 e. The molecule has 0 rings (SSSR count). The third-order valence-electron chi connectivity index (χ3n) is 1.94. The highest BCUT2D eigenvalue weighted by atomic mass is 28.5. The summed E-state index contributed by atoms with van der Waals surface area (Å²) < 4.78 is 28.4. The van der Waals surface area contributed by atoms with E-state index in [0.717, 1.165) is 10.5 Å². The van der Waals surface area contributed by atoms with Crippen LogP contribution in [0.25, 0.3) is 0 Å². The fraction of sp³-hybridized carbons (Fsp3) is 0.500. The van der Waals surface area contributed by atoms with Crippen LogP contribution in [-0.2, 0) is 20.6 Å². The molecule has 19 heavy (non-hydrogen) atoms. The van der Waals surface area contributed by atoms with Crippen molar-refractivity contribution < 1.29 is 20.6 Å². The summed E-state index contributed by atoms with van der Waals surface area (Å²) in [5.74, 6) is 0. The average Bonchev–Trinajstić information content (AvgIpc) is 2.31. The lowest BCUT2D eigenvalue weighted by Crippen LogP contribution is -2.49. The molecular weight excluding hydrogens is 345 g/mol. The Hall–Kier alpha value is 0.581. The first-order valence-corrected chi connectivity index (χ1v) is 16.6. The van der Waals surface area contributed by atoms with Crippen LogP contribution in [0.1, 0.15) is 0 Å². The molecule has 11 heteroatoms. The fourth-order valence-corrected chi connectivity index (χ4v) is 15.4. The van der Waals surface area contributed by atoms with Gasteiger partial charge in [0.2, 0.25) is 0 Å². The van der Waals surface area contributed by atoms with E-state index in [1.54, 1.807) is 5.70 Å². The highest BCUT2D eigenvalue weighted by Crippen LogP contribution is 2.17. The molecule has 5 nitrogen and oxygen atoms in total. The topological polar surface area (TPSA) is 46.2 Å². The summed E-state index contributed by atoms with van der Waals surface area (Å²) in [6.07, 6.45) is 0. The maximum Gasteiger partial charge on any atom is 0.342 e. The molecule has 0 aliphatic heterocycles. The third-order valence-corrected chi connectivity index (χ3v) is 14.1. The molecule has 0 saturated heterocycles. The zero-order chi connectivity index (χ0) is 14.9. The molecule has 0 amide bonds. The van der Waals surface area contributed by atoms with Crippen LogP contribution in [0, 0.1) is 0 Å². The molecule has 0 aliphatic carbocycles. The van der Waals surface area contributed by atoms with E-state index in [1.165, 1.54) is 0 Å². The van der Waals surface area contributed by atoms with Crippen molar-refractivity contribution >= 4 is 56.7 Å². The smallest absolute Gasteiger partial charge is 0.342 e. The molecule has 0 heterocycles. The summed E-state index contributed by atoms with van der Waals surface area (Å²) in [6.45, 7) is 16.1. The maximum atomic E-state index is 6.14. The van der Waals surface area contributed by atoms with Gasteiger partial charge in [0.05, 0.1) is 0 Å². The summed E-state index contributed by atoms with van der Waals surface area (Å²) in [7, 11) is -7.04. The molecule has 0 aromatic carbocycles. The first kappa shape index (κ1) is 19.6. The molecule has 0 aromatic heterocycles. The van der Waals surface area contributed by atoms with Crippen molar-refractivity contribution in [3.63, 3.8) is 0 Å². The lowest BCUT2D eigenvalue weighted by atomic mass is 11.3. The normalized spacial score (nSPS) is 18.1.